The van der Waals surface area contributed by atoms with Crippen molar-refractivity contribution in [2.75, 3.05) is 5.32 Å². The van der Waals surface area contributed by atoms with Crippen LogP contribution in [0.3, 0.4) is 0 Å². The average Bonchev–Trinajstić information content (AvgIpc) is 2.85. The third-order valence-electron chi connectivity index (χ3n) is 3.51. The molecular weight excluding hydrogens is 282 g/mol. The monoisotopic (exact) mass is 299 g/mol. The van der Waals surface area contributed by atoms with Crippen LogP contribution in [0.15, 0.2) is 48.5 Å². The van der Waals surface area contributed by atoms with Gasteiger partial charge in [0.05, 0.1) is 21.7 Å². The molecule has 3 rings (SSSR count). The summed E-state index contributed by atoms with van der Waals surface area (Å²) >= 11 is 6.23. The molecule has 0 spiro atoms. The van der Waals surface area contributed by atoms with E-state index in [1.165, 1.54) is 0 Å². The Morgan fingerprint density at radius 3 is 2.67 bits per heavy atom. The number of para-hydroxylation sites is 3. The molecular formula is C17H18ClN3. The van der Waals surface area contributed by atoms with Gasteiger partial charge in [-0.25, -0.2) is 4.98 Å². The normalized spacial score (nSPS) is 11.0. The van der Waals surface area contributed by atoms with Crippen LogP contribution >= 0.6 is 11.6 Å². The van der Waals surface area contributed by atoms with Crippen molar-refractivity contribution in [3.8, 4) is 0 Å². The summed E-state index contributed by atoms with van der Waals surface area (Å²) in [7, 11) is 0. The van der Waals surface area contributed by atoms with E-state index in [1.807, 2.05) is 42.5 Å². The first kappa shape index (κ1) is 14.0. The van der Waals surface area contributed by atoms with Crippen LogP contribution in [0, 0.1) is 0 Å². The molecule has 0 aliphatic heterocycles. The number of rotatable bonds is 5. The highest BCUT2D eigenvalue weighted by molar-refractivity contribution is 6.33. The lowest BCUT2D eigenvalue weighted by Crippen LogP contribution is -2.04. The molecule has 1 heterocycles. The molecule has 3 aromatic rings. The Bertz CT molecular complexity index is 749. The van der Waals surface area contributed by atoms with E-state index in [9.17, 15) is 0 Å². The Labute approximate surface area is 129 Å². The molecule has 0 fully saturated rings. The summed E-state index contributed by atoms with van der Waals surface area (Å²) in [4.78, 5) is 4.70. The number of unbranched alkanes of at least 4 members (excludes halogenated alkanes) is 1. The predicted molar refractivity (Wildman–Crippen MR) is 89.4 cm³/mol. The van der Waals surface area contributed by atoms with Gasteiger partial charge in [0.15, 0.2) is 0 Å². The number of nitrogens with zero attached hydrogens (tertiary/aromatic N) is 2. The highest BCUT2D eigenvalue weighted by Crippen LogP contribution is 2.27. The van der Waals surface area contributed by atoms with Crippen LogP contribution in [-0.2, 0) is 6.54 Å². The third kappa shape index (κ3) is 2.88. The summed E-state index contributed by atoms with van der Waals surface area (Å²) < 4.78 is 2.22. The number of hydrogen-bond donors (Lipinski definition) is 1. The lowest BCUT2D eigenvalue weighted by Gasteiger charge is -2.11. The van der Waals surface area contributed by atoms with E-state index in [1.54, 1.807) is 0 Å². The molecule has 0 radical (unpaired) electrons. The van der Waals surface area contributed by atoms with Gasteiger partial charge >= 0.3 is 0 Å². The molecule has 0 aliphatic carbocycles. The van der Waals surface area contributed by atoms with Crippen molar-refractivity contribution in [3.05, 3.63) is 53.6 Å². The van der Waals surface area contributed by atoms with Crippen LogP contribution in [0.25, 0.3) is 11.0 Å². The third-order valence-corrected chi connectivity index (χ3v) is 3.84. The molecule has 108 valence electrons. The quantitative estimate of drug-likeness (QED) is 0.699. The zero-order valence-corrected chi connectivity index (χ0v) is 12.8. The topological polar surface area (TPSA) is 29.9 Å². The summed E-state index contributed by atoms with van der Waals surface area (Å²) in [5.41, 5.74) is 3.04. The molecule has 0 saturated carbocycles. The van der Waals surface area contributed by atoms with Gasteiger partial charge in [0.1, 0.15) is 0 Å². The first-order valence-corrected chi connectivity index (χ1v) is 7.64. The minimum atomic E-state index is 0.701. The number of imidazole rings is 1. The maximum absolute atomic E-state index is 6.23. The summed E-state index contributed by atoms with van der Waals surface area (Å²) in [6, 6.07) is 15.9. The number of aryl methyl sites for hydroxylation is 1. The molecule has 21 heavy (non-hydrogen) atoms. The fourth-order valence-corrected chi connectivity index (χ4v) is 2.58. The largest absolute Gasteiger partial charge is 0.324 e. The van der Waals surface area contributed by atoms with Gasteiger partial charge < -0.3 is 9.88 Å². The van der Waals surface area contributed by atoms with Gasteiger partial charge in [-0.1, -0.05) is 49.2 Å². The summed E-state index contributed by atoms with van der Waals surface area (Å²) in [5, 5.41) is 4.06. The maximum Gasteiger partial charge on any atom is 0.208 e. The average molecular weight is 300 g/mol. The maximum atomic E-state index is 6.23. The molecule has 0 saturated heterocycles. The molecule has 0 amide bonds. The zero-order valence-electron chi connectivity index (χ0n) is 12.0. The fraction of sp³-hybridized carbons (Fsp3) is 0.235. The SMILES string of the molecule is CCCCn1c(Nc2ccccc2Cl)nc2ccccc21. The highest BCUT2D eigenvalue weighted by atomic mass is 35.5. The molecule has 4 heteroatoms. The van der Waals surface area contributed by atoms with Crippen molar-refractivity contribution in [2.24, 2.45) is 0 Å². The van der Waals surface area contributed by atoms with E-state index in [4.69, 9.17) is 16.6 Å². The van der Waals surface area contributed by atoms with Crippen molar-refractivity contribution >= 4 is 34.3 Å². The van der Waals surface area contributed by atoms with Gasteiger partial charge in [-0.15, -0.1) is 0 Å². The molecule has 1 aromatic heterocycles. The first-order chi connectivity index (χ1) is 10.3. The van der Waals surface area contributed by atoms with E-state index < -0.39 is 0 Å². The lowest BCUT2D eigenvalue weighted by atomic mass is 10.3. The zero-order chi connectivity index (χ0) is 14.7. The minimum absolute atomic E-state index is 0.701. The van der Waals surface area contributed by atoms with E-state index >= 15 is 0 Å². The number of hydrogen-bond acceptors (Lipinski definition) is 2. The van der Waals surface area contributed by atoms with Gasteiger partial charge in [-0.3, -0.25) is 0 Å². The fourth-order valence-electron chi connectivity index (χ4n) is 2.40. The number of anilines is 2. The van der Waals surface area contributed by atoms with E-state index in [2.05, 4.69) is 22.9 Å². The highest BCUT2D eigenvalue weighted by Gasteiger charge is 2.11. The van der Waals surface area contributed by atoms with Crippen LogP contribution in [0.5, 0.6) is 0 Å². The van der Waals surface area contributed by atoms with Crippen molar-refractivity contribution in [2.45, 2.75) is 26.3 Å². The van der Waals surface area contributed by atoms with Gasteiger partial charge in [-0.05, 0) is 30.7 Å². The van der Waals surface area contributed by atoms with Gasteiger partial charge in [0.25, 0.3) is 0 Å². The van der Waals surface area contributed by atoms with Crippen LogP contribution in [0.4, 0.5) is 11.6 Å². The minimum Gasteiger partial charge on any atom is -0.324 e. The predicted octanol–water partition coefficient (Wildman–Crippen LogP) is 5.23. The molecule has 0 bridgehead atoms. The second-order valence-electron chi connectivity index (χ2n) is 5.03. The smallest absolute Gasteiger partial charge is 0.208 e. The lowest BCUT2D eigenvalue weighted by molar-refractivity contribution is 0.652. The van der Waals surface area contributed by atoms with E-state index in [-0.39, 0.29) is 0 Å². The van der Waals surface area contributed by atoms with Gasteiger partial charge in [0, 0.05) is 6.54 Å². The Balaban J connectivity index is 2.02. The standard InChI is InChI=1S/C17H18ClN3/c1-2-3-12-21-16-11-7-6-10-15(16)20-17(21)19-14-9-5-4-8-13(14)18/h4-11H,2-3,12H2,1H3,(H,19,20). The van der Waals surface area contributed by atoms with E-state index in [0.29, 0.717) is 5.02 Å². The van der Waals surface area contributed by atoms with Crippen molar-refractivity contribution in [1.29, 1.82) is 0 Å². The van der Waals surface area contributed by atoms with Crippen molar-refractivity contribution in [3.63, 3.8) is 0 Å². The summed E-state index contributed by atoms with van der Waals surface area (Å²) in [6.07, 6.45) is 2.27. The van der Waals surface area contributed by atoms with Crippen LogP contribution in [0.2, 0.25) is 5.02 Å². The second kappa shape index (κ2) is 6.19. The van der Waals surface area contributed by atoms with Gasteiger partial charge in [-0.2, -0.15) is 0 Å². The number of benzene rings is 2. The molecule has 3 nitrogen and oxygen atoms in total. The molecule has 1 N–H and O–H groups in total. The van der Waals surface area contributed by atoms with E-state index in [0.717, 1.165) is 42.1 Å². The summed E-state index contributed by atoms with van der Waals surface area (Å²) in [6.45, 7) is 3.14. The van der Waals surface area contributed by atoms with Crippen molar-refractivity contribution in [1.82, 2.24) is 9.55 Å². The van der Waals surface area contributed by atoms with Gasteiger partial charge in [0.2, 0.25) is 5.95 Å². The van der Waals surface area contributed by atoms with Crippen LogP contribution < -0.4 is 5.32 Å². The summed E-state index contributed by atoms with van der Waals surface area (Å²) in [5.74, 6) is 0.845. The van der Waals surface area contributed by atoms with Crippen molar-refractivity contribution < 1.29 is 0 Å². The first-order valence-electron chi connectivity index (χ1n) is 7.26. The molecule has 0 aliphatic rings. The Kier molecular flexibility index (Phi) is 4.11. The van der Waals surface area contributed by atoms with Crippen LogP contribution in [-0.4, -0.2) is 9.55 Å². The van der Waals surface area contributed by atoms with Crippen LogP contribution in [0.1, 0.15) is 19.8 Å². The molecule has 2 aromatic carbocycles. The Hall–Kier alpha value is -2.00. The number of nitrogens with one attached hydrogen (secondary N) is 1. The number of aromatic nitrogens is 2. The molecule has 0 unspecified atom stereocenters. The molecule has 0 atom stereocenters. The second-order valence-corrected chi connectivity index (χ2v) is 5.44. The Morgan fingerprint density at radius 2 is 1.86 bits per heavy atom. The number of halogens is 1. The Morgan fingerprint density at radius 1 is 1.10 bits per heavy atom. The number of fused-ring (bicyclic) bond motifs is 1.